The van der Waals surface area contributed by atoms with E-state index in [2.05, 4.69) is 29.6 Å². The maximum absolute atomic E-state index is 6.24. The summed E-state index contributed by atoms with van der Waals surface area (Å²) in [4.78, 5) is 0. The number of nitrogens with one attached hydrogen (secondary N) is 1. The van der Waals surface area contributed by atoms with Crippen molar-refractivity contribution in [2.24, 2.45) is 0 Å². The molecule has 0 amide bonds. The molecule has 0 aliphatic heterocycles. The van der Waals surface area contributed by atoms with Crippen LogP contribution in [-0.4, -0.2) is 7.11 Å². The average molecular weight is 274 g/mol. The molecule has 0 saturated heterocycles. The van der Waals surface area contributed by atoms with Gasteiger partial charge in [0.15, 0.2) is 0 Å². The minimum absolute atomic E-state index is 0.334. The minimum atomic E-state index is 0.334. The Kier molecular flexibility index (Phi) is 3.34. The number of rotatable bonds is 3. The van der Waals surface area contributed by atoms with Crippen LogP contribution in [0.4, 0.5) is 5.69 Å². The van der Waals surface area contributed by atoms with E-state index in [-0.39, 0.29) is 0 Å². The fourth-order valence-corrected chi connectivity index (χ4v) is 2.81. The number of anilines is 1. The number of hydrogen-bond acceptors (Lipinski definition) is 2. The maximum atomic E-state index is 6.24. The maximum Gasteiger partial charge on any atom is 0.121 e. The molecule has 1 atom stereocenters. The molecule has 0 fully saturated rings. The van der Waals surface area contributed by atoms with E-state index >= 15 is 0 Å². The Hall–Kier alpha value is -1.67. The molecule has 2 aromatic rings. The lowest BCUT2D eigenvalue weighted by atomic mass is 10.1. The zero-order valence-corrected chi connectivity index (χ0v) is 11.6. The second-order valence-electron chi connectivity index (χ2n) is 4.78. The van der Waals surface area contributed by atoms with Crippen molar-refractivity contribution in [3.05, 3.63) is 58.6 Å². The summed E-state index contributed by atoms with van der Waals surface area (Å²) in [5.41, 5.74) is 3.74. The van der Waals surface area contributed by atoms with E-state index in [9.17, 15) is 0 Å². The molecule has 3 rings (SSSR count). The molecule has 3 heteroatoms. The van der Waals surface area contributed by atoms with Crippen molar-refractivity contribution in [3.63, 3.8) is 0 Å². The number of fused-ring (bicyclic) bond motifs is 1. The summed E-state index contributed by atoms with van der Waals surface area (Å²) in [7, 11) is 1.66. The Bertz CT molecular complexity index is 597. The molecule has 1 aliphatic rings. The van der Waals surface area contributed by atoms with E-state index in [0.717, 1.165) is 29.3 Å². The van der Waals surface area contributed by atoms with Crippen LogP contribution >= 0.6 is 11.6 Å². The quantitative estimate of drug-likeness (QED) is 0.892. The number of methoxy groups -OCH3 is 1. The Balaban J connectivity index is 1.87. The summed E-state index contributed by atoms with van der Waals surface area (Å²) in [6, 6.07) is 14.6. The van der Waals surface area contributed by atoms with Crippen LogP contribution in [0.1, 0.15) is 23.6 Å². The van der Waals surface area contributed by atoms with E-state index in [4.69, 9.17) is 16.3 Å². The van der Waals surface area contributed by atoms with Crippen molar-refractivity contribution in [3.8, 4) is 5.75 Å². The third-order valence-electron chi connectivity index (χ3n) is 3.64. The van der Waals surface area contributed by atoms with Gasteiger partial charge in [0, 0.05) is 6.07 Å². The molecule has 0 heterocycles. The molecule has 0 spiro atoms. The van der Waals surface area contributed by atoms with Gasteiger partial charge in [-0.15, -0.1) is 0 Å². The van der Waals surface area contributed by atoms with Gasteiger partial charge in [0.2, 0.25) is 0 Å². The van der Waals surface area contributed by atoms with Crippen LogP contribution in [0.25, 0.3) is 0 Å². The van der Waals surface area contributed by atoms with E-state index in [1.54, 1.807) is 7.11 Å². The van der Waals surface area contributed by atoms with Crippen LogP contribution in [-0.2, 0) is 6.42 Å². The Morgan fingerprint density at radius 2 is 2.05 bits per heavy atom. The van der Waals surface area contributed by atoms with Crippen molar-refractivity contribution in [1.29, 1.82) is 0 Å². The van der Waals surface area contributed by atoms with Gasteiger partial charge in [0.25, 0.3) is 0 Å². The summed E-state index contributed by atoms with van der Waals surface area (Å²) < 4.78 is 5.25. The Morgan fingerprint density at radius 3 is 2.89 bits per heavy atom. The smallest absolute Gasteiger partial charge is 0.121 e. The second kappa shape index (κ2) is 5.14. The zero-order valence-electron chi connectivity index (χ0n) is 10.8. The van der Waals surface area contributed by atoms with Crippen LogP contribution in [0.3, 0.4) is 0 Å². The van der Waals surface area contributed by atoms with Crippen LogP contribution in [0.5, 0.6) is 5.75 Å². The minimum Gasteiger partial charge on any atom is -0.497 e. The van der Waals surface area contributed by atoms with Gasteiger partial charge in [-0.3, -0.25) is 0 Å². The lowest BCUT2D eigenvalue weighted by Gasteiger charge is -2.17. The van der Waals surface area contributed by atoms with Gasteiger partial charge in [-0.05, 0) is 36.1 Å². The van der Waals surface area contributed by atoms with Crippen LogP contribution in [0.15, 0.2) is 42.5 Å². The number of aryl methyl sites for hydroxylation is 1. The number of benzene rings is 2. The fraction of sp³-hybridized carbons (Fsp3) is 0.250. The number of ether oxygens (including phenoxy) is 1. The third-order valence-corrected chi connectivity index (χ3v) is 3.97. The van der Waals surface area contributed by atoms with Gasteiger partial charge >= 0.3 is 0 Å². The normalized spacial score (nSPS) is 17.1. The summed E-state index contributed by atoms with van der Waals surface area (Å²) in [6.07, 6.45) is 2.22. The first-order chi connectivity index (χ1) is 9.28. The molecule has 0 saturated carbocycles. The van der Waals surface area contributed by atoms with Crippen molar-refractivity contribution >= 4 is 17.3 Å². The van der Waals surface area contributed by atoms with Crippen LogP contribution < -0.4 is 10.1 Å². The summed E-state index contributed by atoms with van der Waals surface area (Å²) in [5.74, 6) is 0.818. The van der Waals surface area contributed by atoms with Gasteiger partial charge in [-0.25, -0.2) is 0 Å². The molecule has 1 unspecified atom stereocenters. The standard InChI is InChI=1S/C16H16ClNO/c1-19-12-7-8-14(17)16(10-12)18-15-9-6-11-4-2-3-5-13(11)15/h2-5,7-8,10,15,18H,6,9H2,1H3. The van der Waals surface area contributed by atoms with Gasteiger partial charge in [-0.2, -0.15) is 0 Å². The molecule has 1 aliphatic carbocycles. The van der Waals surface area contributed by atoms with Crippen molar-refractivity contribution < 1.29 is 4.74 Å². The molecule has 0 radical (unpaired) electrons. The van der Waals surface area contributed by atoms with Crippen molar-refractivity contribution in [1.82, 2.24) is 0 Å². The highest BCUT2D eigenvalue weighted by atomic mass is 35.5. The molecular formula is C16H16ClNO. The highest BCUT2D eigenvalue weighted by molar-refractivity contribution is 6.33. The van der Waals surface area contributed by atoms with Crippen LogP contribution in [0.2, 0.25) is 5.02 Å². The summed E-state index contributed by atoms with van der Waals surface area (Å²) in [6.45, 7) is 0. The molecule has 19 heavy (non-hydrogen) atoms. The van der Waals surface area contributed by atoms with E-state index in [1.807, 2.05) is 18.2 Å². The predicted molar refractivity (Wildman–Crippen MR) is 79.1 cm³/mol. The fourth-order valence-electron chi connectivity index (χ4n) is 2.64. The largest absolute Gasteiger partial charge is 0.497 e. The third kappa shape index (κ3) is 2.41. The highest BCUT2D eigenvalue weighted by Crippen LogP contribution is 2.36. The molecule has 1 N–H and O–H groups in total. The Labute approximate surface area is 118 Å². The average Bonchev–Trinajstić information content (AvgIpc) is 2.85. The number of halogens is 1. The van der Waals surface area contributed by atoms with E-state index in [0.29, 0.717) is 6.04 Å². The van der Waals surface area contributed by atoms with Crippen LogP contribution in [0, 0.1) is 0 Å². The lowest BCUT2D eigenvalue weighted by Crippen LogP contribution is -2.07. The van der Waals surface area contributed by atoms with E-state index < -0.39 is 0 Å². The van der Waals surface area contributed by atoms with E-state index in [1.165, 1.54) is 11.1 Å². The van der Waals surface area contributed by atoms with Gasteiger partial charge in [0.05, 0.1) is 23.9 Å². The first kappa shape index (κ1) is 12.4. The summed E-state index contributed by atoms with van der Waals surface area (Å²) >= 11 is 6.24. The molecule has 2 nitrogen and oxygen atoms in total. The number of hydrogen-bond donors (Lipinski definition) is 1. The summed E-state index contributed by atoms with van der Waals surface area (Å²) in [5, 5.41) is 4.26. The lowest BCUT2D eigenvalue weighted by molar-refractivity contribution is 0.415. The van der Waals surface area contributed by atoms with Crippen molar-refractivity contribution in [2.45, 2.75) is 18.9 Å². The molecule has 0 aromatic heterocycles. The van der Waals surface area contributed by atoms with Gasteiger partial charge in [0.1, 0.15) is 5.75 Å². The molecule has 2 aromatic carbocycles. The highest BCUT2D eigenvalue weighted by Gasteiger charge is 2.22. The topological polar surface area (TPSA) is 21.3 Å². The second-order valence-corrected chi connectivity index (χ2v) is 5.19. The molecule has 98 valence electrons. The van der Waals surface area contributed by atoms with Gasteiger partial charge < -0.3 is 10.1 Å². The first-order valence-corrected chi connectivity index (χ1v) is 6.83. The SMILES string of the molecule is COc1ccc(Cl)c(NC2CCc3ccccc32)c1. The zero-order chi connectivity index (χ0) is 13.2. The molecular weight excluding hydrogens is 258 g/mol. The Morgan fingerprint density at radius 1 is 1.21 bits per heavy atom. The van der Waals surface area contributed by atoms with Crippen molar-refractivity contribution in [2.75, 3.05) is 12.4 Å². The monoisotopic (exact) mass is 273 g/mol. The van der Waals surface area contributed by atoms with Gasteiger partial charge in [-0.1, -0.05) is 35.9 Å². The molecule has 0 bridgehead atoms. The predicted octanol–water partition coefficient (Wildman–Crippen LogP) is 4.45. The first-order valence-electron chi connectivity index (χ1n) is 6.46.